The highest BCUT2D eigenvalue weighted by Gasteiger charge is 2.11. The van der Waals surface area contributed by atoms with Crippen LogP contribution in [-0.2, 0) is 9.63 Å². The third-order valence-electron chi connectivity index (χ3n) is 3.17. The van der Waals surface area contributed by atoms with Gasteiger partial charge in [0.2, 0.25) is 5.91 Å². The molecule has 0 aliphatic carbocycles. The van der Waals surface area contributed by atoms with E-state index in [9.17, 15) is 4.79 Å². The van der Waals surface area contributed by atoms with Crippen molar-refractivity contribution in [1.82, 2.24) is 5.06 Å². The molecule has 0 atom stereocenters. The van der Waals surface area contributed by atoms with E-state index in [0.29, 0.717) is 22.8 Å². The third kappa shape index (κ3) is 4.67. The maximum absolute atomic E-state index is 11.8. The smallest absolute Gasteiger partial charge is 0.224 e. The van der Waals surface area contributed by atoms with Crippen LogP contribution in [0.4, 0.5) is 11.4 Å². The van der Waals surface area contributed by atoms with E-state index in [1.54, 1.807) is 18.2 Å². The number of rotatable bonds is 5. The van der Waals surface area contributed by atoms with E-state index in [4.69, 9.17) is 22.2 Å². The summed E-state index contributed by atoms with van der Waals surface area (Å²) in [5.41, 5.74) is 6.82. The quantitative estimate of drug-likeness (QED) is 0.820. The number of benzene rings is 1. The van der Waals surface area contributed by atoms with Gasteiger partial charge in [0.1, 0.15) is 0 Å². The molecule has 1 aromatic carbocycles. The number of nitrogens with one attached hydrogen (secondary N) is 1. The maximum Gasteiger partial charge on any atom is 0.224 e. The van der Waals surface area contributed by atoms with Crippen molar-refractivity contribution in [2.75, 3.05) is 30.7 Å². The van der Waals surface area contributed by atoms with Gasteiger partial charge in [-0.15, -0.1) is 0 Å². The lowest BCUT2D eigenvalue weighted by atomic mass is 10.2. The molecule has 0 radical (unpaired) electrons. The minimum Gasteiger partial charge on any atom is -0.397 e. The van der Waals surface area contributed by atoms with Gasteiger partial charge >= 0.3 is 0 Å². The summed E-state index contributed by atoms with van der Waals surface area (Å²) in [5.74, 6) is -0.0243. The molecular weight excluding hydrogens is 278 g/mol. The SMILES string of the molecule is Nc1cc(NC(=O)CCCN2CCCCO2)ccc1Cl. The Balaban J connectivity index is 1.70. The molecule has 2 rings (SSSR count). The summed E-state index contributed by atoms with van der Waals surface area (Å²) in [6.07, 6.45) is 3.52. The van der Waals surface area contributed by atoms with Crippen molar-refractivity contribution in [1.29, 1.82) is 0 Å². The van der Waals surface area contributed by atoms with E-state index in [-0.39, 0.29) is 5.91 Å². The van der Waals surface area contributed by atoms with Gasteiger partial charge in [-0.1, -0.05) is 11.6 Å². The lowest BCUT2D eigenvalue weighted by Gasteiger charge is -2.25. The Morgan fingerprint density at radius 1 is 1.45 bits per heavy atom. The molecule has 20 heavy (non-hydrogen) atoms. The van der Waals surface area contributed by atoms with E-state index in [1.165, 1.54) is 0 Å². The van der Waals surface area contributed by atoms with Crippen LogP contribution in [0.3, 0.4) is 0 Å². The van der Waals surface area contributed by atoms with Crippen LogP contribution in [-0.4, -0.2) is 30.7 Å². The molecular formula is C14H20ClN3O2. The zero-order valence-electron chi connectivity index (χ0n) is 11.4. The zero-order chi connectivity index (χ0) is 14.4. The second-order valence-corrected chi connectivity index (χ2v) is 5.26. The van der Waals surface area contributed by atoms with Crippen LogP contribution in [0, 0.1) is 0 Å². The molecule has 5 nitrogen and oxygen atoms in total. The Hall–Kier alpha value is -1.30. The standard InChI is InChI=1S/C14H20ClN3O2/c15-12-6-5-11(10-13(12)16)17-14(19)4-3-8-18-7-1-2-9-20-18/h5-6,10H,1-4,7-9,16H2,(H,17,19). The van der Waals surface area contributed by atoms with Crippen molar-refractivity contribution in [2.24, 2.45) is 0 Å². The Labute approximate surface area is 124 Å². The van der Waals surface area contributed by atoms with Crippen molar-refractivity contribution >= 4 is 28.9 Å². The molecule has 1 amide bonds. The molecule has 1 aliphatic heterocycles. The first kappa shape index (κ1) is 15.1. The molecule has 0 saturated carbocycles. The fourth-order valence-electron chi connectivity index (χ4n) is 2.09. The summed E-state index contributed by atoms with van der Waals surface area (Å²) < 4.78 is 0. The number of nitrogens with zero attached hydrogens (tertiary/aromatic N) is 1. The fourth-order valence-corrected chi connectivity index (χ4v) is 2.20. The van der Waals surface area contributed by atoms with Crippen molar-refractivity contribution in [2.45, 2.75) is 25.7 Å². The normalized spacial score (nSPS) is 16.1. The average molecular weight is 298 g/mol. The number of hydrogen-bond acceptors (Lipinski definition) is 4. The fraction of sp³-hybridized carbons (Fsp3) is 0.500. The number of hydrogen-bond donors (Lipinski definition) is 2. The van der Waals surface area contributed by atoms with E-state index in [1.807, 2.05) is 5.06 Å². The molecule has 0 spiro atoms. The second kappa shape index (κ2) is 7.47. The highest BCUT2D eigenvalue weighted by Crippen LogP contribution is 2.22. The largest absolute Gasteiger partial charge is 0.397 e. The van der Waals surface area contributed by atoms with Crippen LogP contribution in [0.15, 0.2) is 18.2 Å². The molecule has 110 valence electrons. The van der Waals surface area contributed by atoms with Crippen LogP contribution in [0.25, 0.3) is 0 Å². The lowest BCUT2D eigenvalue weighted by Crippen LogP contribution is -2.31. The number of hydroxylamine groups is 2. The maximum atomic E-state index is 11.8. The van der Waals surface area contributed by atoms with Crippen LogP contribution in [0.5, 0.6) is 0 Å². The summed E-state index contributed by atoms with van der Waals surface area (Å²) in [4.78, 5) is 17.3. The van der Waals surface area contributed by atoms with Gasteiger partial charge in [-0.25, -0.2) is 0 Å². The molecule has 3 N–H and O–H groups in total. The van der Waals surface area contributed by atoms with Gasteiger partial charge in [-0.05, 0) is 37.5 Å². The molecule has 1 fully saturated rings. The van der Waals surface area contributed by atoms with E-state index in [2.05, 4.69) is 5.32 Å². The minimum absolute atomic E-state index is 0.0243. The summed E-state index contributed by atoms with van der Waals surface area (Å²) in [6, 6.07) is 5.08. The molecule has 0 bridgehead atoms. The highest BCUT2D eigenvalue weighted by molar-refractivity contribution is 6.33. The number of halogens is 1. The van der Waals surface area contributed by atoms with Crippen molar-refractivity contribution in [3.8, 4) is 0 Å². The summed E-state index contributed by atoms with van der Waals surface area (Å²) in [5, 5.41) is 5.24. The molecule has 1 heterocycles. The number of anilines is 2. The molecule has 1 aromatic rings. The third-order valence-corrected chi connectivity index (χ3v) is 3.51. The molecule has 0 aromatic heterocycles. The Kier molecular flexibility index (Phi) is 5.64. The van der Waals surface area contributed by atoms with Gasteiger partial charge in [0.15, 0.2) is 0 Å². The van der Waals surface area contributed by atoms with Gasteiger partial charge in [-0.3, -0.25) is 9.63 Å². The van der Waals surface area contributed by atoms with Crippen molar-refractivity contribution < 1.29 is 9.63 Å². The minimum atomic E-state index is -0.0243. The van der Waals surface area contributed by atoms with Crippen molar-refractivity contribution in [3.63, 3.8) is 0 Å². The van der Waals surface area contributed by atoms with E-state index >= 15 is 0 Å². The topological polar surface area (TPSA) is 67.6 Å². The Morgan fingerprint density at radius 3 is 3.00 bits per heavy atom. The highest BCUT2D eigenvalue weighted by atomic mass is 35.5. The monoisotopic (exact) mass is 297 g/mol. The van der Waals surface area contributed by atoms with Gasteiger partial charge in [-0.2, -0.15) is 5.06 Å². The number of carbonyl (C=O) groups excluding carboxylic acids is 1. The van der Waals surface area contributed by atoms with Gasteiger partial charge in [0.25, 0.3) is 0 Å². The molecule has 0 unspecified atom stereocenters. The number of nitrogen functional groups attached to an aromatic ring is 1. The molecule has 1 aliphatic rings. The van der Waals surface area contributed by atoms with E-state index < -0.39 is 0 Å². The first-order valence-electron chi connectivity index (χ1n) is 6.88. The lowest BCUT2D eigenvalue weighted by molar-refractivity contribution is -0.180. The zero-order valence-corrected chi connectivity index (χ0v) is 12.2. The number of amides is 1. The summed E-state index contributed by atoms with van der Waals surface area (Å²) >= 11 is 5.83. The van der Waals surface area contributed by atoms with Gasteiger partial charge < -0.3 is 11.1 Å². The van der Waals surface area contributed by atoms with Crippen LogP contribution >= 0.6 is 11.6 Å². The average Bonchev–Trinajstić information content (AvgIpc) is 2.44. The first-order valence-corrected chi connectivity index (χ1v) is 7.26. The van der Waals surface area contributed by atoms with E-state index in [0.717, 1.165) is 39.0 Å². The van der Waals surface area contributed by atoms with Crippen molar-refractivity contribution in [3.05, 3.63) is 23.2 Å². The number of carbonyl (C=O) groups is 1. The van der Waals surface area contributed by atoms with Crippen LogP contribution in [0.2, 0.25) is 5.02 Å². The molecule has 6 heteroatoms. The summed E-state index contributed by atoms with van der Waals surface area (Å²) in [7, 11) is 0. The predicted molar refractivity (Wildman–Crippen MR) is 80.5 cm³/mol. The van der Waals surface area contributed by atoms with Gasteiger partial charge in [0.05, 0.1) is 17.3 Å². The second-order valence-electron chi connectivity index (χ2n) is 4.86. The first-order chi connectivity index (χ1) is 9.65. The number of nitrogens with two attached hydrogens (primary N) is 1. The van der Waals surface area contributed by atoms with Crippen LogP contribution < -0.4 is 11.1 Å². The van der Waals surface area contributed by atoms with Gasteiger partial charge in [0, 0.05) is 25.2 Å². The van der Waals surface area contributed by atoms with Crippen LogP contribution in [0.1, 0.15) is 25.7 Å². The summed E-state index contributed by atoms with van der Waals surface area (Å²) in [6.45, 7) is 2.53. The predicted octanol–water partition coefficient (Wildman–Crippen LogP) is 2.67. The Bertz CT molecular complexity index is 462. The Morgan fingerprint density at radius 2 is 2.30 bits per heavy atom. The molecule has 1 saturated heterocycles.